The summed E-state index contributed by atoms with van der Waals surface area (Å²) in [5.41, 5.74) is 1.54. The Balaban J connectivity index is 6.88. The second kappa shape index (κ2) is 50.6. The van der Waals surface area contributed by atoms with E-state index in [-0.39, 0.29) is 37.4 Å². The molecule has 15 nitrogen and oxygen atoms in total. The molecule has 0 aromatic heterocycles. The lowest BCUT2D eigenvalue weighted by Crippen LogP contribution is -2.28. The summed E-state index contributed by atoms with van der Waals surface area (Å²) in [5.74, 6) is -0.760. The fourth-order valence-corrected chi connectivity index (χ4v) is 12.0. The van der Waals surface area contributed by atoms with E-state index in [0.29, 0.717) is 49.9 Å². The predicted molar refractivity (Wildman–Crippen MR) is 322 cm³/mol. The molecule has 0 fully saturated rings. The molecule has 0 rings (SSSR count). The van der Waals surface area contributed by atoms with Crippen molar-refractivity contribution in [2.45, 2.75) is 297 Å². The molecule has 3 amide bonds. The van der Waals surface area contributed by atoms with E-state index in [1.165, 1.54) is 154 Å². The van der Waals surface area contributed by atoms with E-state index in [1.54, 1.807) is 5.57 Å². The van der Waals surface area contributed by atoms with Crippen molar-refractivity contribution in [3.05, 3.63) is 11.6 Å². The first-order valence-electron chi connectivity index (χ1n) is 31.7. The summed E-state index contributed by atoms with van der Waals surface area (Å²) in [5, 5.41) is 7.87. The van der Waals surface area contributed by atoms with Gasteiger partial charge in [-0.25, -0.2) is 0 Å². The van der Waals surface area contributed by atoms with E-state index in [2.05, 4.69) is 42.8 Å². The fraction of sp³-hybridized carbons (Fsp3) is 0.917. The van der Waals surface area contributed by atoms with Crippen LogP contribution in [0.1, 0.15) is 297 Å². The van der Waals surface area contributed by atoms with Crippen molar-refractivity contribution < 1.29 is 53.3 Å². The van der Waals surface area contributed by atoms with Crippen LogP contribution in [0.15, 0.2) is 11.6 Å². The van der Waals surface area contributed by atoms with Crippen LogP contribution < -0.4 is 16.0 Å². The monoisotopic (exact) mass is 1170 g/mol. The summed E-state index contributed by atoms with van der Waals surface area (Å²) in [6.45, 7) is 6.43. The number of carbonyl (C=O) groups is 3. The van der Waals surface area contributed by atoms with Crippen molar-refractivity contribution in [3.8, 4) is 0 Å². The van der Waals surface area contributed by atoms with Crippen molar-refractivity contribution in [2.24, 2.45) is 17.8 Å². The Bertz CT molecular complexity index is 1850. The standard InChI is InChI=1S/C60H117N3O12S3/c1-4-7-10-13-16-18-20-24-31-40-55(42-33-28-37-46-59(65)62-49-52-77(70,71)72)57(44-35-29-38-47-60(66)63-50-53-78(73,74)75)56(43-34-26-21-17-14-11-8-5-2)54(39-30-23-19-15-12-9-6-3)41-32-25-22-27-36-45-58(64)61-48-51-76(67,68)69/h40,54,56-57H,4-39,41-53H2,1-3H3,(H,61,64)(H,62,65)(H,63,66)(H,67,68,69)(H,70,71,72)(H,73,74,75)/b55-40-. The van der Waals surface area contributed by atoms with E-state index in [9.17, 15) is 39.6 Å². The number of allylic oxidation sites excluding steroid dienone is 2. The van der Waals surface area contributed by atoms with Crippen molar-refractivity contribution in [3.63, 3.8) is 0 Å². The Labute approximate surface area is 478 Å². The van der Waals surface area contributed by atoms with Crippen LogP contribution in [0.2, 0.25) is 0 Å². The van der Waals surface area contributed by atoms with E-state index < -0.39 is 47.6 Å². The normalized spacial score (nSPS) is 13.6. The highest BCUT2D eigenvalue weighted by atomic mass is 32.2. The van der Waals surface area contributed by atoms with E-state index in [0.717, 1.165) is 89.9 Å². The molecule has 0 radical (unpaired) electrons. The summed E-state index contributed by atoms with van der Waals surface area (Å²) < 4.78 is 94.4. The van der Waals surface area contributed by atoms with Gasteiger partial charge >= 0.3 is 0 Å². The number of rotatable bonds is 58. The van der Waals surface area contributed by atoms with Gasteiger partial charge in [0.15, 0.2) is 0 Å². The molecule has 78 heavy (non-hydrogen) atoms. The first-order chi connectivity index (χ1) is 37.3. The van der Waals surface area contributed by atoms with Gasteiger partial charge in [-0.05, 0) is 75.5 Å². The van der Waals surface area contributed by atoms with Crippen LogP contribution in [-0.4, -0.2) is 93.5 Å². The molecule has 0 aromatic rings. The molecule has 0 aliphatic carbocycles. The third-order valence-corrected chi connectivity index (χ3v) is 17.6. The zero-order valence-electron chi connectivity index (χ0n) is 49.7. The molecular formula is C60H117N3O12S3. The van der Waals surface area contributed by atoms with Crippen LogP contribution in [0.25, 0.3) is 0 Å². The number of unbranched alkanes of at least 4 members (excludes halogenated alkanes) is 29. The van der Waals surface area contributed by atoms with E-state index in [1.807, 2.05) is 0 Å². The van der Waals surface area contributed by atoms with E-state index in [4.69, 9.17) is 13.7 Å². The predicted octanol–water partition coefficient (Wildman–Crippen LogP) is 14.6. The zero-order chi connectivity index (χ0) is 58.0. The van der Waals surface area contributed by atoms with Gasteiger partial charge in [0, 0.05) is 38.9 Å². The third kappa shape index (κ3) is 52.0. The number of nitrogens with one attached hydrogen (secondary N) is 3. The first kappa shape index (κ1) is 75.9. The van der Waals surface area contributed by atoms with Gasteiger partial charge in [-0.1, -0.05) is 231 Å². The van der Waals surface area contributed by atoms with Crippen molar-refractivity contribution in [2.75, 3.05) is 36.9 Å². The Morgan fingerprint density at radius 3 is 1.01 bits per heavy atom. The lowest BCUT2D eigenvalue weighted by molar-refractivity contribution is -0.121. The van der Waals surface area contributed by atoms with Crippen LogP contribution in [0.3, 0.4) is 0 Å². The largest absolute Gasteiger partial charge is 0.355 e. The molecule has 6 N–H and O–H groups in total. The number of amides is 3. The molecule has 0 heterocycles. The van der Waals surface area contributed by atoms with Gasteiger partial charge in [0.2, 0.25) is 17.7 Å². The minimum Gasteiger partial charge on any atom is -0.355 e. The minimum absolute atomic E-state index is 0.100. The highest BCUT2D eigenvalue weighted by Gasteiger charge is 2.31. The second-order valence-electron chi connectivity index (χ2n) is 22.6. The van der Waals surface area contributed by atoms with Crippen molar-refractivity contribution in [1.29, 1.82) is 0 Å². The summed E-state index contributed by atoms with van der Waals surface area (Å²) in [7, 11) is -12.5. The van der Waals surface area contributed by atoms with Gasteiger partial charge in [0.05, 0.1) is 17.3 Å². The molecule has 0 bridgehead atoms. The van der Waals surface area contributed by atoms with Crippen LogP contribution in [0, 0.1) is 17.8 Å². The van der Waals surface area contributed by atoms with Crippen molar-refractivity contribution >= 4 is 48.1 Å². The minimum atomic E-state index is -4.17. The molecule has 0 saturated carbocycles. The highest BCUT2D eigenvalue weighted by molar-refractivity contribution is 7.86. The Hall–Kier alpha value is -2.12. The maximum absolute atomic E-state index is 12.7. The highest BCUT2D eigenvalue weighted by Crippen LogP contribution is 2.42. The molecule has 0 aliphatic rings. The maximum Gasteiger partial charge on any atom is 0.266 e. The molecule has 0 saturated heterocycles. The molecule has 0 aliphatic heterocycles. The molecule has 0 spiro atoms. The van der Waals surface area contributed by atoms with Crippen LogP contribution in [0.5, 0.6) is 0 Å². The van der Waals surface area contributed by atoms with Gasteiger partial charge in [-0.3, -0.25) is 28.0 Å². The average molecular weight is 1170 g/mol. The molecule has 3 unspecified atom stereocenters. The van der Waals surface area contributed by atoms with Crippen LogP contribution >= 0.6 is 0 Å². The third-order valence-electron chi connectivity index (χ3n) is 15.4. The molecule has 3 atom stereocenters. The summed E-state index contributed by atoms with van der Waals surface area (Å²) in [6, 6.07) is 0. The van der Waals surface area contributed by atoms with Crippen molar-refractivity contribution in [1.82, 2.24) is 16.0 Å². The quantitative estimate of drug-likeness (QED) is 0.0189. The zero-order valence-corrected chi connectivity index (χ0v) is 52.1. The van der Waals surface area contributed by atoms with E-state index >= 15 is 0 Å². The first-order valence-corrected chi connectivity index (χ1v) is 36.5. The van der Waals surface area contributed by atoms with Gasteiger partial charge in [0.1, 0.15) is 0 Å². The van der Waals surface area contributed by atoms with Gasteiger partial charge < -0.3 is 16.0 Å². The lowest BCUT2D eigenvalue weighted by Gasteiger charge is -2.37. The lowest BCUT2D eigenvalue weighted by atomic mass is 9.68. The smallest absolute Gasteiger partial charge is 0.266 e. The Kier molecular flexibility index (Phi) is 49.2. The Morgan fingerprint density at radius 2 is 0.641 bits per heavy atom. The molecular weight excluding hydrogens is 1050 g/mol. The van der Waals surface area contributed by atoms with Crippen LogP contribution in [0.4, 0.5) is 0 Å². The topological polar surface area (TPSA) is 250 Å². The summed E-state index contributed by atoms with van der Waals surface area (Å²) in [6.07, 6.45) is 48.6. The van der Waals surface area contributed by atoms with Gasteiger partial charge in [0.25, 0.3) is 30.4 Å². The molecule has 18 heteroatoms. The Morgan fingerprint density at radius 1 is 0.359 bits per heavy atom. The maximum atomic E-state index is 12.7. The molecule has 0 aromatic carbocycles. The fourth-order valence-electron chi connectivity index (χ4n) is 11.0. The number of carbonyl (C=O) groups excluding carboxylic acids is 3. The van der Waals surface area contributed by atoms with Gasteiger partial charge in [-0.2, -0.15) is 25.3 Å². The average Bonchev–Trinajstić information content (AvgIpc) is 3.36. The summed E-state index contributed by atoms with van der Waals surface area (Å²) in [4.78, 5) is 37.7. The molecule has 462 valence electrons. The van der Waals surface area contributed by atoms with Crippen LogP contribution in [-0.2, 0) is 44.7 Å². The number of hydrogen-bond donors (Lipinski definition) is 6. The number of hydrogen-bond acceptors (Lipinski definition) is 9. The second-order valence-corrected chi connectivity index (χ2v) is 27.3. The summed E-state index contributed by atoms with van der Waals surface area (Å²) >= 11 is 0. The SMILES string of the molecule is CCCCCCCCCC/C=C(/CCCCCC(=O)NCCS(=O)(=O)O)C(CCCCCC(=O)NCCS(=O)(=O)O)C(CCCCCCCCCC)C(CCCCCCCCC)CCCCCCCC(=O)NCCS(=O)(=O)O. The van der Waals surface area contributed by atoms with Gasteiger partial charge in [-0.15, -0.1) is 0 Å².